The first-order valence-electron chi connectivity index (χ1n) is 13.3. The molecule has 1 N–H and O–H groups in total. The lowest BCUT2D eigenvalue weighted by atomic mass is 9.47. The highest BCUT2D eigenvalue weighted by molar-refractivity contribution is 5.28. The van der Waals surface area contributed by atoms with Crippen molar-refractivity contribution in [1.82, 2.24) is 0 Å². The zero-order valence-corrected chi connectivity index (χ0v) is 20.7. The number of hydrogen-bond donors (Lipinski definition) is 1. The monoisotopic (exact) mass is 412 g/mol. The van der Waals surface area contributed by atoms with Crippen molar-refractivity contribution in [2.45, 2.75) is 105 Å². The summed E-state index contributed by atoms with van der Waals surface area (Å²) in [5.41, 5.74) is 2.79. The molecule has 0 saturated heterocycles. The van der Waals surface area contributed by atoms with Gasteiger partial charge >= 0.3 is 0 Å². The summed E-state index contributed by atoms with van der Waals surface area (Å²) in [5.74, 6) is 5.32. The number of aliphatic hydroxyl groups is 1. The van der Waals surface area contributed by atoms with Gasteiger partial charge in [0.1, 0.15) is 0 Å². The molecule has 30 heavy (non-hydrogen) atoms. The van der Waals surface area contributed by atoms with Crippen molar-refractivity contribution >= 4 is 0 Å². The van der Waals surface area contributed by atoms with Crippen molar-refractivity contribution in [2.24, 2.45) is 52.3 Å². The normalized spacial score (nSPS) is 45.6. The van der Waals surface area contributed by atoms with Crippen LogP contribution in [0.25, 0.3) is 0 Å². The van der Waals surface area contributed by atoms with E-state index in [1.807, 2.05) is 5.57 Å². The SMILES string of the molecule is CCC(C=CC(C)C1CCC2C3=CC[C@H]4CC(O)CC[C@]4(C)C3CC[C@@]21C)C(C)C. The first-order chi connectivity index (χ1) is 14.2. The molecule has 1 nitrogen and oxygen atoms in total. The summed E-state index contributed by atoms with van der Waals surface area (Å²) in [7, 11) is 0. The van der Waals surface area contributed by atoms with Gasteiger partial charge in [-0.1, -0.05) is 65.3 Å². The quantitative estimate of drug-likeness (QED) is 0.457. The molecule has 9 atom stereocenters. The van der Waals surface area contributed by atoms with Gasteiger partial charge in [-0.3, -0.25) is 0 Å². The lowest BCUT2D eigenvalue weighted by Crippen LogP contribution is -2.49. The van der Waals surface area contributed by atoms with Gasteiger partial charge in [0.05, 0.1) is 6.10 Å². The summed E-state index contributed by atoms with van der Waals surface area (Å²) >= 11 is 0. The third-order valence-corrected chi connectivity index (χ3v) is 10.7. The molecular formula is C29H48O. The molecule has 0 heterocycles. The van der Waals surface area contributed by atoms with E-state index in [2.05, 4.69) is 59.8 Å². The van der Waals surface area contributed by atoms with E-state index in [0.717, 1.165) is 42.4 Å². The second-order valence-corrected chi connectivity index (χ2v) is 12.5. The third-order valence-electron chi connectivity index (χ3n) is 10.7. The molecule has 1 heteroatoms. The maximum atomic E-state index is 10.3. The van der Waals surface area contributed by atoms with Crippen molar-refractivity contribution in [1.29, 1.82) is 0 Å². The molecule has 4 rings (SSSR count). The number of fused-ring (bicyclic) bond motifs is 5. The van der Waals surface area contributed by atoms with E-state index in [0.29, 0.717) is 22.7 Å². The third kappa shape index (κ3) is 3.66. The zero-order chi connectivity index (χ0) is 21.7. The largest absolute Gasteiger partial charge is 0.393 e. The van der Waals surface area contributed by atoms with Crippen LogP contribution in [0.5, 0.6) is 0 Å². The Kier molecular flexibility index (Phi) is 6.35. The van der Waals surface area contributed by atoms with Gasteiger partial charge in [-0.2, -0.15) is 0 Å². The fourth-order valence-corrected chi connectivity index (χ4v) is 8.68. The number of hydrogen-bond acceptors (Lipinski definition) is 1. The van der Waals surface area contributed by atoms with Gasteiger partial charge in [-0.05, 0) is 110 Å². The van der Waals surface area contributed by atoms with Gasteiger partial charge < -0.3 is 5.11 Å². The standard InChI is InChI=1S/C29H48O/c1-7-21(19(2)3)9-8-20(4)25-12-13-26-24-11-10-22-18-23(30)14-16-28(22,5)27(24)15-17-29(25,26)6/h8-9,11,19-23,25-27,30H,7,10,12-18H2,1-6H3/t20?,21?,22-,23?,25?,26?,27?,28-,29+/m0/s1. The molecule has 0 bridgehead atoms. The molecule has 4 aliphatic rings. The van der Waals surface area contributed by atoms with Crippen LogP contribution in [-0.2, 0) is 0 Å². The van der Waals surface area contributed by atoms with Crippen LogP contribution in [-0.4, -0.2) is 11.2 Å². The molecule has 170 valence electrons. The highest BCUT2D eigenvalue weighted by atomic mass is 16.3. The second kappa shape index (κ2) is 8.42. The van der Waals surface area contributed by atoms with E-state index in [1.165, 1.54) is 44.9 Å². The predicted octanol–water partition coefficient (Wildman–Crippen LogP) is 7.80. The minimum Gasteiger partial charge on any atom is -0.393 e. The minimum atomic E-state index is -0.0480. The molecule has 6 unspecified atom stereocenters. The van der Waals surface area contributed by atoms with Crippen LogP contribution in [0.2, 0.25) is 0 Å². The first-order valence-corrected chi connectivity index (χ1v) is 13.3. The fourth-order valence-electron chi connectivity index (χ4n) is 8.68. The van der Waals surface area contributed by atoms with Crippen LogP contribution >= 0.6 is 0 Å². The molecule has 4 aliphatic carbocycles. The van der Waals surface area contributed by atoms with E-state index >= 15 is 0 Å². The number of aliphatic hydroxyl groups excluding tert-OH is 1. The second-order valence-electron chi connectivity index (χ2n) is 12.5. The fraction of sp³-hybridized carbons (Fsp3) is 0.862. The zero-order valence-electron chi connectivity index (χ0n) is 20.7. The van der Waals surface area contributed by atoms with E-state index in [4.69, 9.17) is 0 Å². The summed E-state index contributed by atoms with van der Waals surface area (Å²) in [6, 6.07) is 0. The summed E-state index contributed by atoms with van der Waals surface area (Å²) in [4.78, 5) is 0. The van der Waals surface area contributed by atoms with Gasteiger partial charge in [-0.15, -0.1) is 0 Å². The maximum Gasteiger partial charge on any atom is 0.0543 e. The molecule has 3 fully saturated rings. The Bertz CT molecular complexity index is 674. The van der Waals surface area contributed by atoms with Crippen molar-refractivity contribution < 1.29 is 5.11 Å². The van der Waals surface area contributed by atoms with Crippen LogP contribution in [0.4, 0.5) is 0 Å². The Labute approximate surface area is 186 Å². The molecular weight excluding hydrogens is 364 g/mol. The Morgan fingerprint density at radius 1 is 1.00 bits per heavy atom. The summed E-state index contributed by atoms with van der Waals surface area (Å²) < 4.78 is 0. The van der Waals surface area contributed by atoms with Gasteiger partial charge in [0.2, 0.25) is 0 Å². The van der Waals surface area contributed by atoms with Crippen molar-refractivity contribution in [3.05, 3.63) is 23.8 Å². The van der Waals surface area contributed by atoms with Crippen LogP contribution in [0.1, 0.15) is 99.3 Å². The topological polar surface area (TPSA) is 20.2 Å². The highest BCUT2D eigenvalue weighted by Gasteiger charge is 2.57. The Balaban J connectivity index is 1.53. The molecule has 3 saturated carbocycles. The van der Waals surface area contributed by atoms with Crippen molar-refractivity contribution in [2.75, 3.05) is 0 Å². The Morgan fingerprint density at radius 2 is 1.70 bits per heavy atom. The molecule has 0 amide bonds. The Hall–Kier alpha value is -0.560. The van der Waals surface area contributed by atoms with Crippen LogP contribution in [0.15, 0.2) is 23.8 Å². The van der Waals surface area contributed by atoms with Gasteiger partial charge in [-0.25, -0.2) is 0 Å². The van der Waals surface area contributed by atoms with Gasteiger partial charge in [0.25, 0.3) is 0 Å². The van der Waals surface area contributed by atoms with E-state index in [9.17, 15) is 5.11 Å². The van der Waals surface area contributed by atoms with Crippen LogP contribution in [0.3, 0.4) is 0 Å². The molecule has 0 aromatic heterocycles. The smallest absolute Gasteiger partial charge is 0.0543 e. The van der Waals surface area contributed by atoms with Gasteiger partial charge in [0, 0.05) is 0 Å². The molecule has 0 radical (unpaired) electrons. The lowest BCUT2D eigenvalue weighted by Gasteiger charge is -2.57. The lowest BCUT2D eigenvalue weighted by molar-refractivity contribution is -0.0414. The molecule has 0 aromatic rings. The highest BCUT2D eigenvalue weighted by Crippen LogP contribution is 2.66. The summed E-state index contributed by atoms with van der Waals surface area (Å²) in [6.07, 6.45) is 19.2. The average Bonchev–Trinajstić information content (AvgIpc) is 3.06. The summed E-state index contributed by atoms with van der Waals surface area (Å²) in [6.45, 7) is 14.8. The number of rotatable bonds is 5. The maximum absolute atomic E-state index is 10.3. The average molecular weight is 413 g/mol. The predicted molar refractivity (Wildman–Crippen MR) is 128 cm³/mol. The molecule has 0 aromatic carbocycles. The van der Waals surface area contributed by atoms with Gasteiger partial charge in [0.15, 0.2) is 0 Å². The Morgan fingerprint density at radius 3 is 2.40 bits per heavy atom. The summed E-state index contributed by atoms with van der Waals surface area (Å²) in [5, 5.41) is 10.3. The minimum absolute atomic E-state index is 0.0480. The van der Waals surface area contributed by atoms with E-state index in [1.54, 1.807) is 0 Å². The molecule has 0 spiro atoms. The van der Waals surface area contributed by atoms with Crippen LogP contribution in [0, 0.1) is 52.3 Å². The first kappa shape index (κ1) is 22.6. The van der Waals surface area contributed by atoms with Crippen molar-refractivity contribution in [3.8, 4) is 0 Å². The van der Waals surface area contributed by atoms with E-state index in [-0.39, 0.29) is 6.10 Å². The number of allylic oxidation sites excluding steroid dienone is 4. The molecule has 0 aliphatic heterocycles. The van der Waals surface area contributed by atoms with E-state index < -0.39 is 0 Å². The van der Waals surface area contributed by atoms with Crippen LogP contribution < -0.4 is 0 Å². The van der Waals surface area contributed by atoms with Crippen molar-refractivity contribution in [3.63, 3.8) is 0 Å².